The summed E-state index contributed by atoms with van der Waals surface area (Å²) in [6.07, 6.45) is 1.80. The number of aromatic nitrogens is 1. The molecular weight excluding hydrogens is 358 g/mol. The molecule has 144 valence electrons. The monoisotopic (exact) mass is 379 g/mol. The number of fused-ring (bicyclic) bond motifs is 1. The molecule has 1 saturated heterocycles. The van der Waals surface area contributed by atoms with Gasteiger partial charge in [0.2, 0.25) is 0 Å². The first-order valence-electron chi connectivity index (χ1n) is 9.24. The third kappa shape index (κ3) is 4.37. The van der Waals surface area contributed by atoms with Crippen LogP contribution in [0, 0.1) is 0 Å². The van der Waals surface area contributed by atoms with Crippen LogP contribution < -0.4 is 10.4 Å². The summed E-state index contributed by atoms with van der Waals surface area (Å²) >= 11 is 0. The van der Waals surface area contributed by atoms with E-state index in [0.29, 0.717) is 24.4 Å². The van der Waals surface area contributed by atoms with Crippen LogP contribution in [0.5, 0.6) is 5.75 Å². The van der Waals surface area contributed by atoms with E-state index in [1.54, 1.807) is 30.5 Å². The minimum absolute atomic E-state index is 0.0389. The van der Waals surface area contributed by atoms with Crippen molar-refractivity contribution >= 4 is 16.9 Å². The lowest BCUT2D eigenvalue weighted by molar-refractivity contribution is -0.135. The number of amides is 1. The number of rotatable bonds is 5. The quantitative estimate of drug-likeness (QED) is 0.631. The molecule has 0 atom stereocenters. The number of pyridine rings is 1. The van der Waals surface area contributed by atoms with Crippen molar-refractivity contribution in [2.24, 2.45) is 0 Å². The van der Waals surface area contributed by atoms with Crippen LogP contribution in [0.4, 0.5) is 0 Å². The number of ether oxygens (including phenoxy) is 1. The molecule has 28 heavy (non-hydrogen) atoms. The van der Waals surface area contributed by atoms with Crippen LogP contribution in [0.1, 0.15) is 5.69 Å². The Bertz CT molecular complexity index is 1010. The molecule has 2 aromatic heterocycles. The average Bonchev–Trinajstić information content (AvgIpc) is 2.73. The predicted octanol–water partition coefficient (Wildman–Crippen LogP) is 1.91. The Labute approximate surface area is 162 Å². The number of nitrogens with zero attached hydrogens (tertiary/aromatic N) is 3. The van der Waals surface area contributed by atoms with Crippen molar-refractivity contribution < 1.29 is 13.9 Å². The van der Waals surface area contributed by atoms with Gasteiger partial charge in [-0.25, -0.2) is 4.79 Å². The van der Waals surface area contributed by atoms with Crippen molar-refractivity contribution in [2.75, 3.05) is 32.8 Å². The maximum absolute atomic E-state index is 12.5. The number of carbonyl (C=O) groups excluding carboxylic acids is 1. The van der Waals surface area contributed by atoms with Crippen LogP contribution in [0.2, 0.25) is 0 Å². The number of piperazine rings is 1. The summed E-state index contributed by atoms with van der Waals surface area (Å²) in [5.74, 6) is 0.455. The van der Waals surface area contributed by atoms with Gasteiger partial charge in [0.25, 0.3) is 5.91 Å². The predicted molar refractivity (Wildman–Crippen MR) is 104 cm³/mol. The van der Waals surface area contributed by atoms with Crippen LogP contribution in [0.15, 0.2) is 63.9 Å². The molecule has 1 aliphatic rings. The normalized spacial score (nSPS) is 14.9. The van der Waals surface area contributed by atoms with Crippen LogP contribution >= 0.6 is 0 Å². The topological polar surface area (TPSA) is 75.9 Å². The maximum atomic E-state index is 12.5. The Morgan fingerprint density at radius 1 is 1.07 bits per heavy atom. The van der Waals surface area contributed by atoms with Crippen LogP contribution in [-0.4, -0.2) is 53.5 Å². The second-order valence-corrected chi connectivity index (χ2v) is 6.72. The third-order valence-electron chi connectivity index (χ3n) is 4.79. The van der Waals surface area contributed by atoms with Crippen molar-refractivity contribution in [3.05, 3.63) is 70.8 Å². The van der Waals surface area contributed by atoms with Gasteiger partial charge in [-0.1, -0.05) is 6.07 Å². The summed E-state index contributed by atoms with van der Waals surface area (Å²) in [5, 5.41) is 0.808. The Morgan fingerprint density at radius 2 is 1.89 bits per heavy atom. The van der Waals surface area contributed by atoms with Gasteiger partial charge in [0, 0.05) is 56.4 Å². The fraction of sp³-hybridized carbons (Fsp3) is 0.286. The molecule has 0 N–H and O–H groups in total. The molecule has 4 rings (SSSR count). The molecule has 1 amide bonds. The Balaban J connectivity index is 1.28. The first-order chi connectivity index (χ1) is 13.7. The summed E-state index contributed by atoms with van der Waals surface area (Å²) < 4.78 is 10.8. The smallest absolute Gasteiger partial charge is 0.336 e. The fourth-order valence-electron chi connectivity index (χ4n) is 3.24. The van der Waals surface area contributed by atoms with Crippen LogP contribution in [-0.2, 0) is 11.3 Å². The lowest BCUT2D eigenvalue weighted by Gasteiger charge is -2.34. The Morgan fingerprint density at radius 3 is 2.68 bits per heavy atom. The van der Waals surface area contributed by atoms with E-state index < -0.39 is 5.63 Å². The number of carbonyl (C=O) groups is 1. The Hall–Kier alpha value is -3.19. The number of hydrogen-bond acceptors (Lipinski definition) is 6. The zero-order valence-electron chi connectivity index (χ0n) is 15.4. The lowest BCUT2D eigenvalue weighted by Crippen LogP contribution is -2.49. The van der Waals surface area contributed by atoms with Crippen molar-refractivity contribution in [1.29, 1.82) is 0 Å². The number of benzene rings is 1. The van der Waals surface area contributed by atoms with E-state index in [0.717, 1.165) is 30.7 Å². The van der Waals surface area contributed by atoms with Gasteiger partial charge in [-0.05, 0) is 30.3 Å². The number of hydrogen-bond donors (Lipinski definition) is 0. The molecule has 0 unspecified atom stereocenters. The lowest BCUT2D eigenvalue weighted by atomic mass is 10.2. The van der Waals surface area contributed by atoms with Gasteiger partial charge >= 0.3 is 5.63 Å². The first-order valence-corrected chi connectivity index (χ1v) is 9.24. The molecule has 0 radical (unpaired) electrons. The van der Waals surface area contributed by atoms with E-state index in [9.17, 15) is 9.59 Å². The molecule has 1 fully saturated rings. The summed E-state index contributed by atoms with van der Waals surface area (Å²) in [6, 6.07) is 14.2. The van der Waals surface area contributed by atoms with Gasteiger partial charge in [-0.3, -0.25) is 14.7 Å². The highest BCUT2D eigenvalue weighted by Crippen LogP contribution is 2.19. The first kappa shape index (κ1) is 18.2. The minimum atomic E-state index is -0.413. The van der Waals surface area contributed by atoms with E-state index in [-0.39, 0.29) is 12.5 Å². The van der Waals surface area contributed by atoms with Crippen LogP contribution in [0.3, 0.4) is 0 Å². The molecule has 1 aliphatic heterocycles. The summed E-state index contributed by atoms with van der Waals surface area (Å²) in [5.41, 5.74) is 1.07. The van der Waals surface area contributed by atoms with E-state index in [2.05, 4.69) is 9.88 Å². The largest absolute Gasteiger partial charge is 0.484 e. The van der Waals surface area contributed by atoms with Gasteiger partial charge < -0.3 is 14.1 Å². The Kier molecular flexibility index (Phi) is 5.34. The molecule has 0 bridgehead atoms. The van der Waals surface area contributed by atoms with Crippen molar-refractivity contribution in [3.8, 4) is 5.75 Å². The molecule has 0 saturated carbocycles. The molecule has 7 nitrogen and oxygen atoms in total. The van der Waals surface area contributed by atoms with Gasteiger partial charge in [-0.2, -0.15) is 0 Å². The van der Waals surface area contributed by atoms with Gasteiger partial charge in [0.15, 0.2) is 6.61 Å². The molecule has 0 spiro atoms. The zero-order valence-corrected chi connectivity index (χ0v) is 15.4. The summed E-state index contributed by atoms with van der Waals surface area (Å²) in [6.45, 7) is 3.71. The third-order valence-corrected chi connectivity index (χ3v) is 4.79. The van der Waals surface area contributed by atoms with Gasteiger partial charge in [-0.15, -0.1) is 0 Å². The SMILES string of the molecule is O=C(COc1ccc2ccc(=O)oc2c1)N1CCN(Cc2ccccn2)CC1. The molecule has 3 aromatic rings. The summed E-state index contributed by atoms with van der Waals surface area (Å²) in [7, 11) is 0. The highest BCUT2D eigenvalue weighted by Gasteiger charge is 2.21. The second-order valence-electron chi connectivity index (χ2n) is 6.72. The minimum Gasteiger partial charge on any atom is -0.484 e. The summed E-state index contributed by atoms with van der Waals surface area (Å²) in [4.78, 5) is 32.2. The fourth-order valence-corrected chi connectivity index (χ4v) is 3.24. The van der Waals surface area contributed by atoms with Crippen molar-refractivity contribution in [1.82, 2.24) is 14.8 Å². The van der Waals surface area contributed by atoms with E-state index in [1.165, 1.54) is 6.07 Å². The van der Waals surface area contributed by atoms with Crippen molar-refractivity contribution in [3.63, 3.8) is 0 Å². The van der Waals surface area contributed by atoms with Crippen molar-refractivity contribution in [2.45, 2.75) is 6.54 Å². The highest BCUT2D eigenvalue weighted by atomic mass is 16.5. The van der Waals surface area contributed by atoms with E-state index >= 15 is 0 Å². The molecule has 7 heteroatoms. The molecular formula is C21H21N3O4. The molecule has 1 aromatic carbocycles. The highest BCUT2D eigenvalue weighted by molar-refractivity contribution is 5.79. The van der Waals surface area contributed by atoms with Gasteiger partial charge in [0.05, 0.1) is 5.69 Å². The maximum Gasteiger partial charge on any atom is 0.336 e. The van der Waals surface area contributed by atoms with Gasteiger partial charge in [0.1, 0.15) is 11.3 Å². The average molecular weight is 379 g/mol. The zero-order chi connectivity index (χ0) is 19.3. The molecule has 3 heterocycles. The van der Waals surface area contributed by atoms with E-state index in [4.69, 9.17) is 9.15 Å². The van der Waals surface area contributed by atoms with Crippen LogP contribution in [0.25, 0.3) is 11.0 Å². The second kappa shape index (κ2) is 8.22. The van der Waals surface area contributed by atoms with E-state index in [1.807, 2.05) is 23.1 Å². The standard InChI is InChI=1S/C21H21N3O4/c25-20(15-27-18-6-4-16-5-7-21(26)28-19(16)13-18)24-11-9-23(10-12-24)14-17-3-1-2-8-22-17/h1-8,13H,9-12,14-15H2. The molecule has 0 aliphatic carbocycles.